The summed E-state index contributed by atoms with van der Waals surface area (Å²) in [6.07, 6.45) is -5.76. The van der Waals surface area contributed by atoms with E-state index >= 15 is 0 Å². The fraction of sp³-hybridized carbons (Fsp3) is 0.429. The van der Waals surface area contributed by atoms with Gasteiger partial charge in [0, 0.05) is 17.8 Å². The minimum Gasteiger partial charge on any atom is -0.359 e. The number of anilines is 1. The fourth-order valence-corrected chi connectivity index (χ4v) is 1.54. The summed E-state index contributed by atoms with van der Waals surface area (Å²) in [5.41, 5.74) is 0.639. The average molecular weight is 318 g/mol. The van der Waals surface area contributed by atoms with Crippen LogP contribution >= 0.6 is 0 Å². The largest absolute Gasteiger partial charge is 0.411 e. The molecule has 0 bridgehead atoms. The molecule has 0 aromatic heterocycles. The number of benzene rings is 1. The van der Waals surface area contributed by atoms with Gasteiger partial charge >= 0.3 is 6.18 Å². The summed E-state index contributed by atoms with van der Waals surface area (Å²) in [6.45, 7) is 1.94. The molecule has 0 saturated heterocycles. The number of hydrogen-bond donors (Lipinski definition) is 2. The second-order valence-electron chi connectivity index (χ2n) is 4.50. The minimum atomic E-state index is -4.49. The topological polar surface area (TPSA) is 67.4 Å². The van der Waals surface area contributed by atoms with Crippen LogP contribution in [0.4, 0.5) is 18.9 Å². The Kier molecular flexibility index (Phi) is 6.36. The molecule has 0 saturated carbocycles. The van der Waals surface area contributed by atoms with Crippen LogP contribution < -0.4 is 10.6 Å². The molecule has 0 unspecified atom stereocenters. The van der Waals surface area contributed by atoms with Gasteiger partial charge in [-0.2, -0.15) is 13.2 Å². The molecular formula is C14H17F3N2O3. The van der Waals surface area contributed by atoms with Crippen LogP contribution in [-0.4, -0.2) is 37.2 Å². The molecule has 2 amide bonds. The number of ether oxygens (including phenoxy) is 1. The molecule has 0 fully saturated rings. The first kappa shape index (κ1) is 18.0. The van der Waals surface area contributed by atoms with Crippen molar-refractivity contribution in [2.24, 2.45) is 0 Å². The molecule has 0 aliphatic carbocycles. The molecule has 0 heterocycles. The Morgan fingerprint density at radius 3 is 2.59 bits per heavy atom. The van der Waals surface area contributed by atoms with E-state index in [0.29, 0.717) is 17.8 Å². The third-order valence-corrected chi connectivity index (χ3v) is 2.60. The second kappa shape index (κ2) is 7.79. The van der Waals surface area contributed by atoms with Gasteiger partial charge < -0.3 is 15.4 Å². The third-order valence-electron chi connectivity index (χ3n) is 2.60. The molecule has 22 heavy (non-hydrogen) atoms. The predicted octanol–water partition coefficient (Wildman–Crippen LogP) is 2.34. The van der Waals surface area contributed by atoms with Crippen molar-refractivity contribution >= 4 is 17.5 Å². The lowest BCUT2D eigenvalue weighted by molar-refractivity contribution is -0.184. The van der Waals surface area contributed by atoms with Crippen LogP contribution in [0.25, 0.3) is 0 Å². The van der Waals surface area contributed by atoms with Crippen molar-refractivity contribution in [3.8, 4) is 0 Å². The highest BCUT2D eigenvalue weighted by molar-refractivity contribution is 5.98. The molecule has 122 valence electrons. The lowest BCUT2D eigenvalue weighted by atomic mass is 10.2. The summed E-state index contributed by atoms with van der Waals surface area (Å²) in [7, 11) is 0. The number of amides is 2. The zero-order chi connectivity index (χ0) is 16.8. The van der Waals surface area contributed by atoms with Crippen molar-refractivity contribution in [2.45, 2.75) is 26.1 Å². The normalized spacial score (nSPS) is 12.6. The van der Waals surface area contributed by atoms with Crippen molar-refractivity contribution < 1.29 is 27.5 Å². The predicted molar refractivity (Wildman–Crippen MR) is 74.5 cm³/mol. The lowest BCUT2D eigenvalue weighted by Gasteiger charge is -2.15. The van der Waals surface area contributed by atoms with Gasteiger partial charge in [-0.1, -0.05) is 6.07 Å². The summed E-state index contributed by atoms with van der Waals surface area (Å²) in [5, 5.41) is 5.00. The van der Waals surface area contributed by atoms with Gasteiger partial charge in [-0.3, -0.25) is 9.59 Å². The first-order valence-corrected chi connectivity index (χ1v) is 6.60. The molecule has 0 radical (unpaired) electrons. The highest BCUT2D eigenvalue weighted by Crippen LogP contribution is 2.16. The van der Waals surface area contributed by atoms with Crippen molar-refractivity contribution in [1.29, 1.82) is 0 Å². The van der Waals surface area contributed by atoms with Crippen LogP contribution in [0.2, 0.25) is 0 Å². The Bertz CT molecular complexity index is 532. The van der Waals surface area contributed by atoms with Crippen molar-refractivity contribution in [1.82, 2.24) is 5.32 Å². The van der Waals surface area contributed by atoms with Crippen LogP contribution in [0.5, 0.6) is 0 Å². The van der Waals surface area contributed by atoms with Crippen LogP contribution in [-0.2, 0) is 9.53 Å². The van der Waals surface area contributed by atoms with Gasteiger partial charge in [0.15, 0.2) is 0 Å². The van der Waals surface area contributed by atoms with Crippen LogP contribution in [0, 0.1) is 0 Å². The molecule has 1 aromatic rings. The minimum absolute atomic E-state index is 0.302. The van der Waals surface area contributed by atoms with E-state index in [1.54, 1.807) is 19.1 Å². The van der Waals surface area contributed by atoms with Gasteiger partial charge in [0.1, 0.15) is 12.7 Å². The van der Waals surface area contributed by atoms with Gasteiger partial charge in [-0.25, -0.2) is 0 Å². The summed E-state index contributed by atoms with van der Waals surface area (Å²) in [4.78, 5) is 23.4. The van der Waals surface area contributed by atoms with Gasteiger partial charge in [0.25, 0.3) is 11.8 Å². The highest BCUT2D eigenvalue weighted by Gasteiger charge is 2.29. The molecule has 1 rings (SSSR count). The highest BCUT2D eigenvalue weighted by atomic mass is 19.4. The molecular weight excluding hydrogens is 301 g/mol. The van der Waals surface area contributed by atoms with Gasteiger partial charge in [0.2, 0.25) is 0 Å². The van der Waals surface area contributed by atoms with E-state index < -0.39 is 24.8 Å². The molecule has 5 nitrogen and oxygen atoms in total. The summed E-state index contributed by atoms with van der Waals surface area (Å²) >= 11 is 0. The maximum Gasteiger partial charge on any atom is 0.411 e. The number of carbonyl (C=O) groups excluding carboxylic acids is 2. The van der Waals surface area contributed by atoms with E-state index in [2.05, 4.69) is 15.4 Å². The average Bonchev–Trinajstić information content (AvgIpc) is 2.44. The maximum atomic E-state index is 12.0. The number of hydrogen-bond acceptors (Lipinski definition) is 3. The Hall–Kier alpha value is -2.09. The quantitative estimate of drug-likeness (QED) is 0.846. The number of nitrogens with one attached hydrogen (secondary N) is 2. The third kappa shape index (κ3) is 6.13. The van der Waals surface area contributed by atoms with E-state index in [4.69, 9.17) is 0 Å². The molecule has 0 aliphatic rings. The Labute approximate surface area is 125 Å². The summed E-state index contributed by atoms with van der Waals surface area (Å²) in [5.74, 6) is -1.03. The molecule has 0 aliphatic heterocycles. The standard InChI is InChI=1S/C14H17F3N2O3/c1-3-18-13(21)10-5-4-6-11(7-10)19-12(20)9(2)22-8-14(15,16)17/h4-7,9H,3,8H2,1-2H3,(H,18,21)(H,19,20)/t9-/m0/s1. The maximum absolute atomic E-state index is 12.0. The first-order valence-electron chi connectivity index (χ1n) is 6.60. The number of rotatable bonds is 6. The Balaban J connectivity index is 2.64. The Morgan fingerprint density at radius 1 is 1.32 bits per heavy atom. The van der Waals surface area contributed by atoms with Crippen LogP contribution in [0.3, 0.4) is 0 Å². The van der Waals surface area contributed by atoms with Crippen molar-refractivity contribution in [3.63, 3.8) is 0 Å². The van der Waals surface area contributed by atoms with E-state index in [1.165, 1.54) is 19.1 Å². The summed E-state index contributed by atoms with van der Waals surface area (Å²) in [6, 6.07) is 6.07. The van der Waals surface area contributed by atoms with E-state index in [0.717, 1.165) is 0 Å². The lowest BCUT2D eigenvalue weighted by Crippen LogP contribution is -2.31. The summed E-state index contributed by atoms with van der Waals surface area (Å²) < 4.78 is 40.5. The van der Waals surface area contributed by atoms with Gasteiger partial charge in [-0.05, 0) is 32.0 Å². The zero-order valence-corrected chi connectivity index (χ0v) is 12.2. The van der Waals surface area contributed by atoms with Crippen LogP contribution in [0.15, 0.2) is 24.3 Å². The smallest absolute Gasteiger partial charge is 0.359 e. The Morgan fingerprint density at radius 2 is 2.00 bits per heavy atom. The second-order valence-corrected chi connectivity index (χ2v) is 4.50. The molecule has 1 atom stereocenters. The molecule has 1 aromatic carbocycles. The zero-order valence-electron chi connectivity index (χ0n) is 12.2. The number of halogens is 3. The van der Waals surface area contributed by atoms with Gasteiger partial charge in [0.05, 0.1) is 0 Å². The number of carbonyl (C=O) groups is 2. The molecule has 0 spiro atoms. The van der Waals surface area contributed by atoms with Gasteiger partial charge in [-0.15, -0.1) is 0 Å². The number of alkyl halides is 3. The van der Waals surface area contributed by atoms with Crippen molar-refractivity contribution in [2.75, 3.05) is 18.5 Å². The SMILES string of the molecule is CCNC(=O)c1cccc(NC(=O)[C@H](C)OCC(F)(F)F)c1. The van der Waals surface area contributed by atoms with Crippen molar-refractivity contribution in [3.05, 3.63) is 29.8 Å². The van der Waals surface area contributed by atoms with E-state index in [-0.39, 0.29) is 5.91 Å². The fourth-order valence-electron chi connectivity index (χ4n) is 1.54. The first-order chi connectivity index (χ1) is 10.2. The monoisotopic (exact) mass is 318 g/mol. The molecule has 8 heteroatoms. The van der Waals surface area contributed by atoms with Crippen LogP contribution in [0.1, 0.15) is 24.2 Å². The van der Waals surface area contributed by atoms with E-state index in [1.807, 2.05) is 0 Å². The molecule has 2 N–H and O–H groups in total. The van der Waals surface area contributed by atoms with E-state index in [9.17, 15) is 22.8 Å².